The van der Waals surface area contributed by atoms with Crippen molar-refractivity contribution in [3.05, 3.63) is 23.8 Å². The number of carbonyl (C=O) groups is 1. The van der Waals surface area contributed by atoms with Gasteiger partial charge in [-0.3, -0.25) is 4.79 Å². The number of nitrogens with zero attached hydrogens (tertiary/aromatic N) is 1. The first-order chi connectivity index (χ1) is 10.5. The highest BCUT2D eigenvalue weighted by molar-refractivity contribution is 5.79. The molecule has 1 aliphatic heterocycles. The van der Waals surface area contributed by atoms with Gasteiger partial charge in [-0.1, -0.05) is 0 Å². The summed E-state index contributed by atoms with van der Waals surface area (Å²) >= 11 is 0. The van der Waals surface area contributed by atoms with Crippen LogP contribution in [0.4, 0.5) is 0 Å². The summed E-state index contributed by atoms with van der Waals surface area (Å²) in [4.78, 5) is 14.4. The Morgan fingerprint density at radius 3 is 2.55 bits per heavy atom. The molecule has 122 valence electrons. The molecule has 1 saturated heterocycles. The lowest BCUT2D eigenvalue weighted by atomic mass is 9.90. The highest BCUT2D eigenvalue weighted by atomic mass is 16.5. The largest absolute Gasteiger partial charge is 0.497 e. The molecule has 0 saturated carbocycles. The number of rotatable bonds is 5. The Hall–Kier alpha value is -1.75. The predicted molar refractivity (Wildman–Crippen MR) is 86.2 cm³/mol. The summed E-state index contributed by atoms with van der Waals surface area (Å²) in [5, 5.41) is 0. The number of likely N-dealkylation sites (tertiary alicyclic amines) is 1. The number of amides is 1. The van der Waals surface area contributed by atoms with Crippen molar-refractivity contribution in [2.45, 2.75) is 32.2 Å². The van der Waals surface area contributed by atoms with E-state index >= 15 is 0 Å². The van der Waals surface area contributed by atoms with E-state index in [1.807, 2.05) is 30.0 Å². The van der Waals surface area contributed by atoms with Crippen LogP contribution in [0.25, 0.3) is 0 Å². The molecule has 22 heavy (non-hydrogen) atoms. The first-order valence-corrected chi connectivity index (χ1v) is 7.79. The summed E-state index contributed by atoms with van der Waals surface area (Å²) in [7, 11) is 3.23. The zero-order valence-electron chi connectivity index (χ0n) is 13.7. The Balaban J connectivity index is 2.00. The molecule has 0 aromatic heterocycles. The van der Waals surface area contributed by atoms with Crippen LogP contribution in [0, 0.1) is 5.92 Å². The second kappa shape index (κ2) is 7.49. The van der Waals surface area contributed by atoms with Gasteiger partial charge in [-0.15, -0.1) is 0 Å². The van der Waals surface area contributed by atoms with Crippen LogP contribution in [0.2, 0.25) is 0 Å². The fourth-order valence-electron chi connectivity index (χ4n) is 2.97. The van der Waals surface area contributed by atoms with Gasteiger partial charge < -0.3 is 20.1 Å². The fraction of sp³-hybridized carbons (Fsp3) is 0.588. The summed E-state index contributed by atoms with van der Waals surface area (Å²) in [5.74, 6) is 2.11. The number of benzene rings is 1. The predicted octanol–water partition coefficient (Wildman–Crippen LogP) is 1.83. The lowest BCUT2D eigenvalue weighted by Crippen LogP contribution is -2.43. The molecule has 0 aliphatic carbocycles. The van der Waals surface area contributed by atoms with E-state index in [9.17, 15) is 4.79 Å². The molecule has 1 atom stereocenters. The van der Waals surface area contributed by atoms with Gasteiger partial charge in [0.05, 0.1) is 20.6 Å². The van der Waals surface area contributed by atoms with Crippen LogP contribution in [0.15, 0.2) is 18.2 Å². The Morgan fingerprint density at radius 1 is 1.32 bits per heavy atom. The second-order valence-electron chi connectivity index (χ2n) is 5.93. The van der Waals surface area contributed by atoms with Gasteiger partial charge in [0.15, 0.2) is 0 Å². The molecule has 0 spiro atoms. The van der Waals surface area contributed by atoms with Crippen molar-refractivity contribution in [3.63, 3.8) is 0 Å². The molecule has 1 aliphatic rings. The van der Waals surface area contributed by atoms with Gasteiger partial charge in [-0.25, -0.2) is 0 Å². The molecule has 2 rings (SSSR count). The lowest BCUT2D eigenvalue weighted by Gasteiger charge is -2.33. The van der Waals surface area contributed by atoms with Gasteiger partial charge in [0, 0.05) is 24.7 Å². The molecule has 5 heteroatoms. The summed E-state index contributed by atoms with van der Waals surface area (Å²) in [6.07, 6.45) is 2.31. The molecule has 1 unspecified atom stereocenters. The minimum atomic E-state index is 0.134. The maximum absolute atomic E-state index is 12.5. The number of methoxy groups -OCH3 is 2. The number of piperidine rings is 1. The van der Waals surface area contributed by atoms with Crippen molar-refractivity contribution in [2.75, 3.05) is 27.3 Å². The van der Waals surface area contributed by atoms with Crippen molar-refractivity contribution in [2.24, 2.45) is 11.7 Å². The Labute approximate surface area is 132 Å². The highest BCUT2D eigenvalue weighted by Crippen LogP contribution is 2.26. The fourth-order valence-corrected chi connectivity index (χ4v) is 2.97. The van der Waals surface area contributed by atoms with Crippen LogP contribution in [0.5, 0.6) is 11.5 Å². The van der Waals surface area contributed by atoms with Crippen LogP contribution in [-0.2, 0) is 11.2 Å². The summed E-state index contributed by atoms with van der Waals surface area (Å²) in [6, 6.07) is 5.74. The van der Waals surface area contributed by atoms with Crippen LogP contribution in [0.1, 0.15) is 25.3 Å². The summed E-state index contributed by atoms with van der Waals surface area (Å²) in [5.41, 5.74) is 6.81. The monoisotopic (exact) mass is 306 g/mol. The van der Waals surface area contributed by atoms with Gasteiger partial charge in [0.2, 0.25) is 5.91 Å². The third-order valence-electron chi connectivity index (χ3n) is 4.47. The van der Waals surface area contributed by atoms with E-state index in [0.717, 1.165) is 43.0 Å². The van der Waals surface area contributed by atoms with Gasteiger partial charge >= 0.3 is 0 Å². The third kappa shape index (κ3) is 3.91. The maximum Gasteiger partial charge on any atom is 0.227 e. The molecule has 1 aromatic rings. The quantitative estimate of drug-likeness (QED) is 0.901. The van der Waals surface area contributed by atoms with E-state index < -0.39 is 0 Å². The second-order valence-corrected chi connectivity index (χ2v) is 5.93. The number of hydrogen-bond donors (Lipinski definition) is 1. The maximum atomic E-state index is 12.5. The third-order valence-corrected chi connectivity index (χ3v) is 4.47. The van der Waals surface area contributed by atoms with Crippen molar-refractivity contribution in [1.29, 1.82) is 0 Å². The summed E-state index contributed by atoms with van der Waals surface area (Å²) in [6.45, 7) is 3.62. The molecule has 2 N–H and O–H groups in total. The normalized spacial score (nSPS) is 17.2. The van der Waals surface area contributed by atoms with E-state index in [-0.39, 0.29) is 11.9 Å². The van der Waals surface area contributed by atoms with E-state index in [4.69, 9.17) is 15.2 Å². The molecule has 5 nitrogen and oxygen atoms in total. The van der Waals surface area contributed by atoms with E-state index in [1.54, 1.807) is 14.2 Å². The number of ether oxygens (including phenoxy) is 2. The Bertz CT molecular complexity index is 509. The van der Waals surface area contributed by atoms with Crippen molar-refractivity contribution in [1.82, 2.24) is 4.90 Å². The van der Waals surface area contributed by atoms with Crippen LogP contribution in [-0.4, -0.2) is 44.2 Å². The van der Waals surface area contributed by atoms with Gasteiger partial charge in [0.1, 0.15) is 11.5 Å². The van der Waals surface area contributed by atoms with Crippen molar-refractivity contribution >= 4 is 5.91 Å². The average molecular weight is 306 g/mol. The minimum absolute atomic E-state index is 0.134. The molecule has 1 fully saturated rings. The van der Waals surface area contributed by atoms with Gasteiger partial charge in [-0.2, -0.15) is 0 Å². The number of hydrogen-bond acceptors (Lipinski definition) is 4. The SMILES string of the molecule is COc1ccc(OC)c(CC(=O)N2CCC(C(C)N)CC2)c1. The minimum Gasteiger partial charge on any atom is -0.497 e. The van der Waals surface area contributed by atoms with E-state index in [0.29, 0.717) is 12.3 Å². The zero-order chi connectivity index (χ0) is 16.1. The molecule has 1 heterocycles. The van der Waals surface area contributed by atoms with Gasteiger partial charge in [0.25, 0.3) is 0 Å². The molecular weight excluding hydrogens is 280 g/mol. The molecule has 1 aromatic carbocycles. The topological polar surface area (TPSA) is 64.8 Å². The van der Waals surface area contributed by atoms with Crippen molar-refractivity contribution in [3.8, 4) is 11.5 Å². The first kappa shape index (κ1) is 16.6. The van der Waals surface area contributed by atoms with Crippen LogP contribution in [0.3, 0.4) is 0 Å². The number of nitrogens with two attached hydrogens (primary N) is 1. The highest BCUT2D eigenvalue weighted by Gasteiger charge is 2.25. The standard InChI is InChI=1S/C17H26N2O3/c1-12(18)13-6-8-19(9-7-13)17(20)11-14-10-15(21-2)4-5-16(14)22-3/h4-5,10,12-13H,6-9,11,18H2,1-3H3. The first-order valence-electron chi connectivity index (χ1n) is 7.79. The van der Waals surface area contributed by atoms with Crippen molar-refractivity contribution < 1.29 is 14.3 Å². The smallest absolute Gasteiger partial charge is 0.227 e. The molecule has 0 bridgehead atoms. The van der Waals surface area contributed by atoms with Gasteiger partial charge in [-0.05, 0) is 43.9 Å². The zero-order valence-corrected chi connectivity index (χ0v) is 13.7. The average Bonchev–Trinajstić information content (AvgIpc) is 2.54. The number of carbonyl (C=O) groups excluding carboxylic acids is 1. The summed E-state index contributed by atoms with van der Waals surface area (Å²) < 4.78 is 10.6. The van der Waals surface area contributed by atoms with Crippen LogP contribution < -0.4 is 15.2 Å². The van der Waals surface area contributed by atoms with E-state index in [1.165, 1.54) is 0 Å². The lowest BCUT2D eigenvalue weighted by molar-refractivity contribution is -0.131. The Morgan fingerprint density at radius 2 is 2.00 bits per heavy atom. The molecule has 0 radical (unpaired) electrons. The van der Waals surface area contributed by atoms with Crippen LogP contribution >= 0.6 is 0 Å². The Kier molecular flexibility index (Phi) is 5.66. The van der Waals surface area contributed by atoms with E-state index in [2.05, 4.69) is 0 Å². The molecule has 1 amide bonds. The molecular formula is C17H26N2O3.